The second-order valence-corrected chi connectivity index (χ2v) is 5.33. The van der Waals surface area contributed by atoms with Gasteiger partial charge in [-0.25, -0.2) is 4.98 Å². The van der Waals surface area contributed by atoms with Crippen LogP contribution in [0.25, 0.3) is 0 Å². The van der Waals surface area contributed by atoms with Crippen molar-refractivity contribution in [3.05, 3.63) is 49.9 Å². The van der Waals surface area contributed by atoms with Crippen LogP contribution in [0.1, 0.15) is 5.69 Å². The average molecular weight is 307 g/mol. The van der Waals surface area contributed by atoms with E-state index in [1.165, 1.54) is 0 Å². The van der Waals surface area contributed by atoms with Crippen LogP contribution in [0.2, 0.25) is 0 Å². The van der Waals surface area contributed by atoms with Gasteiger partial charge in [-0.3, -0.25) is 0 Å². The van der Waals surface area contributed by atoms with E-state index in [2.05, 4.69) is 42.3 Å². The summed E-state index contributed by atoms with van der Waals surface area (Å²) in [7, 11) is 0. The summed E-state index contributed by atoms with van der Waals surface area (Å²) >= 11 is 4.09. The van der Waals surface area contributed by atoms with Crippen LogP contribution < -0.4 is 5.11 Å². The number of aromatic amines is 1. The number of hydrogen-bond acceptors (Lipinski definition) is 4. The SMILES string of the molecule is C=CC[N+](CC=C)(CC=C)C(Cc1cnc(S)[nH]1)C(=O)[O-]. The van der Waals surface area contributed by atoms with Gasteiger partial charge in [0.2, 0.25) is 0 Å². The van der Waals surface area contributed by atoms with Crippen molar-refractivity contribution in [3.63, 3.8) is 0 Å². The number of carboxylic acid groups (broad SMARTS) is 1. The number of quaternary nitrogens is 1. The fraction of sp³-hybridized carbons (Fsp3) is 0.333. The van der Waals surface area contributed by atoms with Gasteiger partial charge in [-0.2, -0.15) is 0 Å². The van der Waals surface area contributed by atoms with E-state index < -0.39 is 12.0 Å². The van der Waals surface area contributed by atoms with Crippen LogP contribution in [0.5, 0.6) is 0 Å². The molecular formula is C15H21N3O2S. The molecule has 0 aliphatic heterocycles. The van der Waals surface area contributed by atoms with Crippen molar-refractivity contribution in [1.29, 1.82) is 0 Å². The first-order valence-electron chi connectivity index (χ1n) is 6.61. The first kappa shape index (κ1) is 17.3. The number of rotatable bonds is 10. The second-order valence-electron chi connectivity index (χ2n) is 4.90. The molecule has 0 bridgehead atoms. The van der Waals surface area contributed by atoms with Gasteiger partial charge < -0.3 is 19.4 Å². The van der Waals surface area contributed by atoms with Crippen molar-refractivity contribution in [1.82, 2.24) is 9.97 Å². The molecule has 1 unspecified atom stereocenters. The molecule has 6 heteroatoms. The number of nitrogens with zero attached hydrogens (tertiary/aromatic N) is 2. The molecular weight excluding hydrogens is 286 g/mol. The lowest BCUT2D eigenvalue weighted by Gasteiger charge is -2.43. The Hall–Kier alpha value is -1.79. The molecule has 1 aromatic rings. The summed E-state index contributed by atoms with van der Waals surface area (Å²) in [5.41, 5.74) is 0.703. The zero-order valence-electron chi connectivity index (χ0n) is 12.0. The number of carbonyl (C=O) groups is 1. The van der Waals surface area contributed by atoms with Crippen LogP contribution in [-0.4, -0.2) is 46.1 Å². The van der Waals surface area contributed by atoms with Gasteiger partial charge in [0.05, 0.1) is 25.6 Å². The summed E-state index contributed by atoms with van der Waals surface area (Å²) < 4.78 is 0.236. The van der Waals surface area contributed by atoms with Crippen molar-refractivity contribution >= 4 is 18.6 Å². The first-order valence-corrected chi connectivity index (χ1v) is 7.06. The van der Waals surface area contributed by atoms with Crippen molar-refractivity contribution in [2.75, 3.05) is 19.6 Å². The van der Waals surface area contributed by atoms with E-state index >= 15 is 0 Å². The van der Waals surface area contributed by atoms with Crippen LogP contribution in [0.4, 0.5) is 0 Å². The molecule has 1 heterocycles. The highest BCUT2D eigenvalue weighted by molar-refractivity contribution is 7.80. The third-order valence-electron chi connectivity index (χ3n) is 3.44. The predicted molar refractivity (Wildman–Crippen MR) is 83.8 cm³/mol. The summed E-state index contributed by atoms with van der Waals surface area (Å²) in [4.78, 5) is 18.6. The van der Waals surface area contributed by atoms with Crippen LogP contribution >= 0.6 is 12.6 Å². The molecule has 0 aliphatic carbocycles. The Morgan fingerprint density at radius 1 is 1.33 bits per heavy atom. The molecule has 0 saturated carbocycles. The Bertz CT molecular complexity index is 498. The number of carboxylic acids is 1. The third-order valence-corrected chi connectivity index (χ3v) is 3.67. The molecule has 1 atom stereocenters. The highest BCUT2D eigenvalue weighted by atomic mass is 32.1. The van der Waals surface area contributed by atoms with Crippen molar-refractivity contribution in [2.24, 2.45) is 0 Å². The fourth-order valence-electron chi connectivity index (χ4n) is 2.54. The number of carbonyl (C=O) groups excluding carboxylic acids is 1. The Balaban J connectivity index is 3.16. The molecule has 0 spiro atoms. The maximum Gasteiger partial charge on any atom is 0.162 e. The molecule has 114 valence electrons. The summed E-state index contributed by atoms with van der Waals surface area (Å²) in [6.07, 6.45) is 6.98. The number of thiol groups is 1. The van der Waals surface area contributed by atoms with Crippen molar-refractivity contribution < 1.29 is 14.4 Å². The zero-order valence-corrected chi connectivity index (χ0v) is 12.9. The van der Waals surface area contributed by atoms with Crippen LogP contribution in [0.15, 0.2) is 49.3 Å². The quantitative estimate of drug-likeness (QED) is 0.380. The topological polar surface area (TPSA) is 68.8 Å². The van der Waals surface area contributed by atoms with E-state index in [4.69, 9.17) is 0 Å². The lowest BCUT2D eigenvalue weighted by atomic mass is 10.1. The monoisotopic (exact) mass is 307 g/mol. The highest BCUT2D eigenvalue weighted by Crippen LogP contribution is 2.19. The molecule has 0 aliphatic rings. The number of H-pyrrole nitrogens is 1. The van der Waals surface area contributed by atoms with Crippen molar-refractivity contribution in [3.8, 4) is 0 Å². The largest absolute Gasteiger partial charge is 0.544 e. The minimum absolute atomic E-state index is 0.236. The van der Waals surface area contributed by atoms with E-state index in [0.717, 1.165) is 0 Å². The number of hydrogen-bond donors (Lipinski definition) is 2. The number of aliphatic carboxylic acids is 1. The fourth-order valence-corrected chi connectivity index (χ4v) is 2.74. The average Bonchev–Trinajstić information content (AvgIpc) is 2.82. The van der Waals surface area contributed by atoms with Gasteiger partial charge >= 0.3 is 0 Å². The number of aromatic nitrogens is 2. The minimum Gasteiger partial charge on any atom is -0.544 e. The van der Waals surface area contributed by atoms with Crippen LogP contribution in [0.3, 0.4) is 0 Å². The Labute approximate surface area is 130 Å². The van der Waals surface area contributed by atoms with Gasteiger partial charge in [-0.05, 0) is 18.2 Å². The van der Waals surface area contributed by atoms with Gasteiger partial charge in [-0.1, -0.05) is 19.7 Å². The number of nitrogens with one attached hydrogen (secondary N) is 1. The van der Waals surface area contributed by atoms with E-state index in [9.17, 15) is 9.90 Å². The van der Waals surface area contributed by atoms with Gasteiger partial charge in [-0.15, -0.1) is 12.6 Å². The summed E-state index contributed by atoms with van der Waals surface area (Å²) in [5.74, 6) is -1.11. The molecule has 21 heavy (non-hydrogen) atoms. The van der Waals surface area contributed by atoms with E-state index in [-0.39, 0.29) is 10.9 Å². The molecule has 1 aromatic heterocycles. The standard InChI is InChI=1S/C15H21N3O2S/c1-4-7-18(8-5-2,9-6-3)13(14(19)20)10-12-11-16-15(21)17-12/h4-6,11,13H,1-3,7-10H2,(H2-,16,17,19,20,21). The summed E-state index contributed by atoms with van der Waals surface area (Å²) in [6.45, 7) is 12.7. The van der Waals surface area contributed by atoms with Crippen LogP contribution in [-0.2, 0) is 11.2 Å². The lowest BCUT2D eigenvalue weighted by molar-refractivity contribution is -0.929. The molecule has 1 N–H and O–H groups in total. The maximum atomic E-state index is 11.7. The third kappa shape index (κ3) is 4.34. The minimum atomic E-state index is -1.11. The van der Waals surface area contributed by atoms with Gasteiger partial charge in [0.15, 0.2) is 5.16 Å². The van der Waals surface area contributed by atoms with Crippen molar-refractivity contribution in [2.45, 2.75) is 17.6 Å². The first-order chi connectivity index (χ1) is 9.99. The molecule has 0 aromatic carbocycles. The van der Waals surface area contributed by atoms with Crippen LogP contribution in [0, 0.1) is 0 Å². The molecule has 0 amide bonds. The summed E-state index contributed by atoms with van der Waals surface area (Å²) in [5, 5.41) is 12.2. The van der Waals surface area contributed by atoms with E-state index in [0.29, 0.717) is 30.5 Å². The summed E-state index contributed by atoms with van der Waals surface area (Å²) in [6, 6.07) is -0.757. The Kier molecular flexibility index (Phi) is 6.45. The smallest absolute Gasteiger partial charge is 0.162 e. The number of imidazole rings is 1. The van der Waals surface area contributed by atoms with E-state index in [1.54, 1.807) is 24.4 Å². The molecule has 5 nitrogen and oxygen atoms in total. The van der Waals surface area contributed by atoms with Gasteiger partial charge in [0, 0.05) is 18.3 Å². The van der Waals surface area contributed by atoms with E-state index in [1.807, 2.05) is 0 Å². The second kappa shape index (κ2) is 7.85. The molecule has 1 rings (SSSR count). The highest BCUT2D eigenvalue weighted by Gasteiger charge is 2.35. The molecule has 0 fully saturated rings. The lowest BCUT2D eigenvalue weighted by Crippen LogP contribution is -2.63. The maximum absolute atomic E-state index is 11.7. The molecule has 0 radical (unpaired) electrons. The predicted octanol–water partition coefficient (Wildman–Crippen LogP) is 0.734. The Morgan fingerprint density at radius 3 is 2.19 bits per heavy atom. The molecule has 0 saturated heterocycles. The Morgan fingerprint density at radius 2 is 1.86 bits per heavy atom. The normalized spacial score (nSPS) is 12.6. The zero-order chi connectivity index (χ0) is 15.9. The van der Waals surface area contributed by atoms with Gasteiger partial charge in [0.1, 0.15) is 6.04 Å². The van der Waals surface area contributed by atoms with Gasteiger partial charge in [0.25, 0.3) is 0 Å².